The van der Waals surface area contributed by atoms with Gasteiger partial charge >= 0.3 is 0 Å². The molecule has 0 amide bonds. The first kappa shape index (κ1) is 49.1. The van der Waals surface area contributed by atoms with Gasteiger partial charge in [0.1, 0.15) is 0 Å². The molecule has 0 saturated carbocycles. The zero-order valence-corrected chi connectivity index (χ0v) is 34.2. The maximum Gasteiger partial charge on any atom is 0.220 e. The average Bonchev–Trinajstić information content (AvgIpc) is 3.19. The Hall–Kier alpha value is -2.93. The highest BCUT2D eigenvalue weighted by atomic mass is 16.4. The monoisotopic (exact) mass is 749 g/mol. The van der Waals surface area contributed by atoms with Crippen LogP contribution in [-0.2, 0) is 14.4 Å². The van der Waals surface area contributed by atoms with Gasteiger partial charge in [-0.1, -0.05) is 170 Å². The summed E-state index contributed by atoms with van der Waals surface area (Å²) >= 11 is 0. The zero-order valence-electron chi connectivity index (χ0n) is 34.2. The van der Waals surface area contributed by atoms with Crippen molar-refractivity contribution in [2.24, 2.45) is 0 Å². The molecule has 0 heterocycles. The molecule has 0 fully saturated rings. The lowest BCUT2D eigenvalue weighted by molar-refractivity contribution is -0.191. The van der Waals surface area contributed by atoms with E-state index in [1.807, 2.05) is 6.07 Å². The van der Waals surface area contributed by atoms with E-state index in [1.54, 1.807) is 24.3 Å². The summed E-state index contributed by atoms with van der Waals surface area (Å²) in [5, 5.41) is 33.6. The van der Waals surface area contributed by atoms with Crippen molar-refractivity contribution in [3.8, 4) is 0 Å². The summed E-state index contributed by atoms with van der Waals surface area (Å²) in [6.45, 7) is 3.19. The van der Waals surface area contributed by atoms with Crippen molar-refractivity contribution >= 4 is 23.4 Å². The first-order valence-electron chi connectivity index (χ1n) is 21.6. The SMILES string of the molecule is CCCCC/C=C\C/C=C\CCCCCCCC(=O)C(O)(C(=O)CCCCCCC/C=C\CCCCCCCC)C(O)(CO)C(=O)C=Cc1ccccc1. The fourth-order valence-electron chi connectivity index (χ4n) is 6.68. The molecule has 0 aromatic heterocycles. The summed E-state index contributed by atoms with van der Waals surface area (Å²) in [6, 6.07) is 8.89. The van der Waals surface area contributed by atoms with Crippen molar-refractivity contribution in [3.63, 3.8) is 0 Å². The van der Waals surface area contributed by atoms with Crippen LogP contribution >= 0.6 is 0 Å². The van der Waals surface area contributed by atoms with Gasteiger partial charge in [0.25, 0.3) is 0 Å². The first-order chi connectivity index (χ1) is 26.3. The number of Topliss-reactive ketones (excluding diaryl/α,β-unsaturated/α-hetero) is 2. The minimum atomic E-state index is -3.03. The molecular weight excluding hydrogens is 673 g/mol. The van der Waals surface area contributed by atoms with E-state index in [1.165, 1.54) is 63.9 Å². The summed E-state index contributed by atoms with van der Waals surface area (Å²) in [4.78, 5) is 40.7. The minimum Gasteiger partial charge on any atom is -0.393 e. The molecule has 0 radical (unpaired) electrons. The molecule has 6 heteroatoms. The molecule has 2 atom stereocenters. The van der Waals surface area contributed by atoms with Crippen molar-refractivity contribution in [2.75, 3.05) is 6.61 Å². The van der Waals surface area contributed by atoms with Crippen LogP contribution in [0.5, 0.6) is 0 Å². The normalized spacial score (nSPS) is 14.4. The number of hydrogen-bond acceptors (Lipinski definition) is 6. The van der Waals surface area contributed by atoms with Crippen molar-refractivity contribution < 1.29 is 29.7 Å². The van der Waals surface area contributed by atoms with Gasteiger partial charge in [-0.25, -0.2) is 0 Å². The molecule has 304 valence electrons. The van der Waals surface area contributed by atoms with E-state index in [0.29, 0.717) is 24.8 Å². The van der Waals surface area contributed by atoms with Gasteiger partial charge < -0.3 is 15.3 Å². The molecule has 1 rings (SSSR count). The lowest BCUT2D eigenvalue weighted by Crippen LogP contribution is -2.69. The van der Waals surface area contributed by atoms with Crippen LogP contribution < -0.4 is 0 Å². The topological polar surface area (TPSA) is 112 Å². The Bertz CT molecular complexity index is 1230. The molecule has 0 bridgehead atoms. The Labute approximate surface area is 329 Å². The lowest BCUT2D eigenvalue weighted by Gasteiger charge is -2.38. The van der Waals surface area contributed by atoms with Gasteiger partial charge in [-0.05, 0) is 82.3 Å². The van der Waals surface area contributed by atoms with Gasteiger partial charge in [-0.2, -0.15) is 0 Å². The van der Waals surface area contributed by atoms with Gasteiger partial charge in [-0.15, -0.1) is 0 Å². The maximum atomic E-state index is 13.6. The van der Waals surface area contributed by atoms with Crippen LogP contribution in [0.4, 0.5) is 0 Å². The molecule has 0 aliphatic carbocycles. The van der Waals surface area contributed by atoms with Crippen LogP contribution in [0.3, 0.4) is 0 Å². The van der Waals surface area contributed by atoms with Crippen molar-refractivity contribution in [1.29, 1.82) is 0 Å². The Morgan fingerprint density at radius 2 is 0.926 bits per heavy atom. The third-order valence-corrected chi connectivity index (χ3v) is 10.3. The van der Waals surface area contributed by atoms with Crippen LogP contribution in [-0.4, -0.2) is 50.5 Å². The highest BCUT2D eigenvalue weighted by molar-refractivity contribution is 6.18. The molecule has 2 unspecified atom stereocenters. The Balaban J connectivity index is 2.65. The van der Waals surface area contributed by atoms with Crippen molar-refractivity contribution in [3.05, 3.63) is 78.4 Å². The third-order valence-electron chi connectivity index (χ3n) is 10.3. The summed E-state index contributed by atoms with van der Waals surface area (Å²) in [7, 11) is 0. The van der Waals surface area contributed by atoms with E-state index in [0.717, 1.165) is 83.1 Å². The number of carbonyl (C=O) groups excluding carboxylic acids is 3. The number of ketones is 3. The van der Waals surface area contributed by atoms with E-state index in [-0.39, 0.29) is 12.8 Å². The number of hydrogen-bond donors (Lipinski definition) is 3. The van der Waals surface area contributed by atoms with E-state index in [9.17, 15) is 29.7 Å². The third kappa shape index (κ3) is 20.7. The summed E-state index contributed by atoms with van der Waals surface area (Å²) in [5.41, 5.74) is -5.35. The predicted molar refractivity (Wildman–Crippen MR) is 226 cm³/mol. The Morgan fingerprint density at radius 3 is 1.39 bits per heavy atom. The smallest absolute Gasteiger partial charge is 0.220 e. The van der Waals surface area contributed by atoms with Gasteiger partial charge in [0.15, 0.2) is 23.0 Å². The molecule has 3 N–H and O–H groups in total. The number of aliphatic hydroxyl groups excluding tert-OH is 1. The largest absolute Gasteiger partial charge is 0.393 e. The number of rotatable bonds is 36. The molecule has 54 heavy (non-hydrogen) atoms. The molecule has 0 spiro atoms. The second-order valence-corrected chi connectivity index (χ2v) is 15.0. The number of carbonyl (C=O) groups is 3. The maximum absolute atomic E-state index is 13.6. The number of allylic oxidation sites excluding steroid dienone is 6. The Morgan fingerprint density at radius 1 is 0.537 bits per heavy atom. The quantitative estimate of drug-likeness (QED) is 0.0273. The fraction of sp³-hybridized carbons (Fsp3) is 0.646. The molecule has 0 saturated heterocycles. The number of benzene rings is 1. The van der Waals surface area contributed by atoms with Crippen molar-refractivity contribution in [1.82, 2.24) is 0 Å². The first-order valence-corrected chi connectivity index (χ1v) is 21.6. The van der Waals surface area contributed by atoms with Crippen LogP contribution in [0.15, 0.2) is 72.9 Å². The highest BCUT2D eigenvalue weighted by Gasteiger charge is 2.61. The molecule has 6 nitrogen and oxygen atoms in total. The number of unbranched alkanes of at least 4 members (excludes halogenated alkanes) is 19. The van der Waals surface area contributed by atoms with Gasteiger partial charge in [0.05, 0.1) is 6.61 Å². The summed E-state index contributed by atoms with van der Waals surface area (Å²) < 4.78 is 0. The Kier molecular flexibility index (Phi) is 29.4. The summed E-state index contributed by atoms with van der Waals surface area (Å²) in [5.74, 6) is -2.91. The molecule has 1 aromatic carbocycles. The molecular formula is C48H76O6. The second kappa shape index (κ2) is 32.3. The van der Waals surface area contributed by atoms with E-state index < -0.39 is 35.2 Å². The van der Waals surface area contributed by atoms with E-state index >= 15 is 0 Å². The van der Waals surface area contributed by atoms with Gasteiger partial charge in [-0.3, -0.25) is 14.4 Å². The van der Waals surface area contributed by atoms with Crippen LogP contribution in [0.25, 0.3) is 6.08 Å². The summed E-state index contributed by atoms with van der Waals surface area (Å²) in [6.07, 6.45) is 40.6. The van der Waals surface area contributed by atoms with Gasteiger partial charge in [0.2, 0.25) is 5.60 Å². The average molecular weight is 749 g/mol. The van der Waals surface area contributed by atoms with Crippen molar-refractivity contribution in [2.45, 2.75) is 192 Å². The predicted octanol–water partition coefficient (Wildman–Crippen LogP) is 11.7. The highest BCUT2D eigenvalue weighted by Crippen LogP contribution is 2.31. The fourth-order valence-corrected chi connectivity index (χ4v) is 6.68. The molecule has 0 aliphatic rings. The lowest BCUT2D eigenvalue weighted by atomic mass is 9.71. The molecule has 1 aromatic rings. The van der Waals surface area contributed by atoms with Crippen LogP contribution in [0, 0.1) is 0 Å². The number of aliphatic hydroxyl groups is 3. The molecule has 0 aliphatic heterocycles. The minimum absolute atomic E-state index is 0.166. The van der Waals surface area contributed by atoms with Gasteiger partial charge in [0, 0.05) is 12.8 Å². The van der Waals surface area contributed by atoms with Crippen LogP contribution in [0.1, 0.15) is 186 Å². The van der Waals surface area contributed by atoms with Crippen LogP contribution in [0.2, 0.25) is 0 Å². The standard InChI is InChI=1S/C48H76O6/c1-3-5-7-9-11-13-15-17-19-21-23-25-27-29-34-38-45(51)48(54,47(53,42-49)44(50)41-40-43-36-32-31-33-37-43)46(52)39-35-30-28-26-24-22-20-18-16-14-12-10-8-6-4-2/h11,13,17-20,31-33,36-37,40-41,49,53-54H,3-10,12,14-16,21-30,34-35,38-39,42H2,1-2H3/b13-11-,19-17-,20-18-,41-40?. The van der Waals surface area contributed by atoms with E-state index in [4.69, 9.17) is 0 Å². The van der Waals surface area contributed by atoms with E-state index in [2.05, 4.69) is 50.3 Å². The zero-order chi connectivity index (χ0) is 39.6. The second-order valence-electron chi connectivity index (χ2n) is 15.0.